The van der Waals surface area contributed by atoms with Crippen LogP contribution in [0, 0.1) is 5.92 Å². The van der Waals surface area contributed by atoms with Crippen LogP contribution < -0.4 is 10.0 Å². The summed E-state index contributed by atoms with van der Waals surface area (Å²) in [6.45, 7) is 8.08. The van der Waals surface area contributed by atoms with Crippen LogP contribution in [0.2, 0.25) is 0 Å². The summed E-state index contributed by atoms with van der Waals surface area (Å²) in [6.07, 6.45) is 0.707. The molecule has 1 atom stereocenters. The average molecular weight is 266 g/mol. The Morgan fingerprint density at radius 1 is 1.24 bits per heavy atom. The van der Waals surface area contributed by atoms with Gasteiger partial charge in [-0.05, 0) is 26.3 Å². The van der Waals surface area contributed by atoms with Crippen molar-refractivity contribution in [3.8, 4) is 0 Å². The van der Waals surface area contributed by atoms with Gasteiger partial charge < -0.3 is 10.1 Å². The van der Waals surface area contributed by atoms with Gasteiger partial charge in [-0.1, -0.05) is 13.8 Å². The fraction of sp³-hybridized carbons (Fsp3) is 1.00. The highest BCUT2D eigenvalue weighted by molar-refractivity contribution is 7.90. The number of nitrogens with one attached hydrogen (secondary N) is 2. The largest absolute Gasteiger partial charge is 0.381 e. The van der Waals surface area contributed by atoms with Crippen molar-refractivity contribution >= 4 is 10.0 Å². The Hall–Kier alpha value is -0.170. The van der Waals surface area contributed by atoms with E-state index in [0.717, 1.165) is 6.61 Å². The third-order valence-corrected chi connectivity index (χ3v) is 4.07. The summed E-state index contributed by atoms with van der Waals surface area (Å²) in [5.41, 5.74) is 0. The first-order chi connectivity index (χ1) is 7.90. The molecule has 0 amide bonds. The van der Waals surface area contributed by atoms with Crippen molar-refractivity contribution in [2.75, 3.05) is 33.4 Å². The lowest BCUT2D eigenvalue weighted by molar-refractivity contribution is 0.108. The lowest BCUT2D eigenvalue weighted by Crippen LogP contribution is -2.38. The maximum Gasteiger partial charge on any atom is 0.215 e. The molecule has 0 heterocycles. The first-order valence-corrected chi connectivity index (χ1v) is 7.65. The van der Waals surface area contributed by atoms with E-state index in [0.29, 0.717) is 32.0 Å². The lowest BCUT2D eigenvalue weighted by Gasteiger charge is -2.13. The van der Waals surface area contributed by atoms with E-state index in [2.05, 4.69) is 23.9 Å². The molecule has 0 radical (unpaired) electrons. The molecule has 0 aromatic carbocycles. The van der Waals surface area contributed by atoms with Crippen LogP contribution in [0.3, 0.4) is 0 Å². The zero-order valence-electron chi connectivity index (χ0n) is 11.3. The second-order valence-corrected chi connectivity index (χ2v) is 6.81. The molecule has 2 N–H and O–H groups in total. The van der Waals surface area contributed by atoms with Crippen LogP contribution in [-0.2, 0) is 14.8 Å². The number of sulfonamides is 1. The minimum atomic E-state index is -3.19. The van der Waals surface area contributed by atoms with Gasteiger partial charge in [-0.25, -0.2) is 13.1 Å². The van der Waals surface area contributed by atoms with E-state index in [1.807, 2.05) is 0 Å². The van der Waals surface area contributed by atoms with Crippen molar-refractivity contribution in [3.05, 3.63) is 0 Å². The second kappa shape index (κ2) is 8.85. The van der Waals surface area contributed by atoms with Gasteiger partial charge >= 0.3 is 0 Å². The molecule has 0 bridgehead atoms. The average Bonchev–Trinajstić information content (AvgIpc) is 2.23. The maximum atomic E-state index is 11.7. The van der Waals surface area contributed by atoms with Crippen LogP contribution in [0.4, 0.5) is 0 Å². The van der Waals surface area contributed by atoms with Gasteiger partial charge in [0.2, 0.25) is 10.0 Å². The second-order valence-electron chi connectivity index (χ2n) is 4.63. The predicted octanol–water partition coefficient (Wildman–Crippen LogP) is 0.576. The smallest absolute Gasteiger partial charge is 0.215 e. The Labute approximate surface area is 105 Å². The minimum Gasteiger partial charge on any atom is -0.381 e. The van der Waals surface area contributed by atoms with Gasteiger partial charge in [0.05, 0.1) is 5.25 Å². The van der Waals surface area contributed by atoms with Crippen LogP contribution in [-0.4, -0.2) is 47.0 Å². The van der Waals surface area contributed by atoms with Gasteiger partial charge in [-0.2, -0.15) is 0 Å². The van der Waals surface area contributed by atoms with Crippen LogP contribution in [0.1, 0.15) is 27.2 Å². The monoisotopic (exact) mass is 266 g/mol. The van der Waals surface area contributed by atoms with Crippen LogP contribution in [0.5, 0.6) is 0 Å². The van der Waals surface area contributed by atoms with Gasteiger partial charge in [0.25, 0.3) is 0 Å². The van der Waals surface area contributed by atoms with Gasteiger partial charge in [-0.15, -0.1) is 0 Å². The SMILES string of the molecule is CNCC(C)S(=O)(=O)NCCCOCC(C)C. The Morgan fingerprint density at radius 2 is 1.88 bits per heavy atom. The molecule has 0 aromatic rings. The molecular weight excluding hydrogens is 240 g/mol. The number of hydrogen-bond donors (Lipinski definition) is 2. The molecule has 17 heavy (non-hydrogen) atoms. The summed E-state index contributed by atoms with van der Waals surface area (Å²) in [5.74, 6) is 0.516. The van der Waals surface area contributed by atoms with Crippen molar-refractivity contribution in [3.63, 3.8) is 0 Å². The quantitative estimate of drug-likeness (QED) is 0.568. The Balaban J connectivity index is 3.66. The van der Waals surface area contributed by atoms with E-state index in [4.69, 9.17) is 4.74 Å². The lowest BCUT2D eigenvalue weighted by atomic mass is 10.2. The summed E-state index contributed by atoms with van der Waals surface area (Å²) in [7, 11) is -1.45. The third kappa shape index (κ3) is 8.54. The van der Waals surface area contributed by atoms with Gasteiger partial charge in [0, 0.05) is 26.3 Å². The molecule has 5 nitrogen and oxygen atoms in total. The normalized spacial score (nSPS) is 14.2. The predicted molar refractivity (Wildman–Crippen MR) is 70.6 cm³/mol. The van der Waals surface area contributed by atoms with Crippen LogP contribution >= 0.6 is 0 Å². The maximum absolute atomic E-state index is 11.7. The van der Waals surface area contributed by atoms with E-state index < -0.39 is 15.3 Å². The molecule has 0 aliphatic heterocycles. The summed E-state index contributed by atoms with van der Waals surface area (Å²) in [6, 6.07) is 0. The molecule has 0 saturated carbocycles. The highest BCUT2D eigenvalue weighted by atomic mass is 32.2. The van der Waals surface area contributed by atoms with Crippen molar-refractivity contribution in [1.29, 1.82) is 0 Å². The fourth-order valence-electron chi connectivity index (χ4n) is 1.25. The zero-order chi connectivity index (χ0) is 13.3. The van der Waals surface area contributed by atoms with Crippen LogP contribution in [0.15, 0.2) is 0 Å². The third-order valence-electron chi connectivity index (χ3n) is 2.24. The molecule has 0 aliphatic rings. The Kier molecular flexibility index (Phi) is 8.77. The van der Waals surface area contributed by atoms with Crippen molar-refractivity contribution in [1.82, 2.24) is 10.0 Å². The molecular formula is C11H26N2O3S. The van der Waals surface area contributed by atoms with E-state index in [-0.39, 0.29) is 0 Å². The topological polar surface area (TPSA) is 67.4 Å². The highest BCUT2D eigenvalue weighted by Gasteiger charge is 2.18. The molecule has 0 spiro atoms. The molecule has 0 aromatic heterocycles. The molecule has 0 aliphatic carbocycles. The van der Waals surface area contributed by atoms with Crippen molar-refractivity contribution < 1.29 is 13.2 Å². The molecule has 1 unspecified atom stereocenters. The van der Waals surface area contributed by atoms with Gasteiger partial charge in [-0.3, -0.25) is 0 Å². The van der Waals surface area contributed by atoms with E-state index in [1.54, 1.807) is 14.0 Å². The molecule has 6 heteroatoms. The number of rotatable bonds is 10. The fourth-order valence-corrected chi connectivity index (χ4v) is 2.35. The number of hydrogen-bond acceptors (Lipinski definition) is 4. The van der Waals surface area contributed by atoms with E-state index in [9.17, 15) is 8.42 Å². The molecule has 0 rings (SSSR count). The summed E-state index contributed by atoms with van der Waals surface area (Å²) in [5, 5.41) is 2.44. The Morgan fingerprint density at radius 3 is 2.41 bits per heavy atom. The summed E-state index contributed by atoms with van der Waals surface area (Å²) < 4.78 is 31.3. The first kappa shape index (κ1) is 16.8. The van der Waals surface area contributed by atoms with Crippen LogP contribution in [0.25, 0.3) is 0 Å². The standard InChI is InChI=1S/C11H26N2O3S/c1-10(2)9-16-7-5-6-13-17(14,15)11(3)8-12-4/h10-13H,5-9H2,1-4H3. The summed E-state index contributed by atoms with van der Waals surface area (Å²) >= 11 is 0. The Bertz CT molecular complexity index is 278. The molecule has 0 saturated heterocycles. The summed E-state index contributed by atoms with van der Waals surface area (Å²) in [4.78, 5) is 0. The zero-order valence-corrected chi connectivity index (χ0v) is 12.1. The van der Waals surface area contributed by atoms with E-state index >= 15 is 0 Å². The number of ether oxygens (including phenoxy) is 1. The molecule has 0 fully saturated rings. The van der Waals surface area contributed by atoms with Crippen molar-refractivity contribution in [2.45, 2.75) is 32.4 Å². The minimum absolute atomic E-state index is 0.413. The first-order valence-electron chi connectivity index (χ1n) is 6.11. The van der Waals surface area contributed by atoms with Gasteiger partial charge in [0.1, 0.15) is 0 Å². The van der Waals surface area contributed by atoms with Crippen molar-refractivity contribution in [2.24, 2.45) is 5.92 Å². The molecule has 104 valence electrons. The highest BCUT2D eigenvalue weighted by Crippen LogP contribution is 1.97. The van der Waals surface area contributed by atoms with E-state index in [1.165, 1.54) is 0 Å². The van der Waals surface area contributed by atoms with Gasteiger partial charge in [0.15, 0.2) is 0 Å².